The number of rotatable bonds is 6. The molecule has 0 N–H and O–H groups in total. The van der Waals surface area contributed by atoms with Crippen LogP contribution in [-0.4, -0.2) is 6.61 Å². The monoisotopic (exact) mass is 330 g/mol. The molecule has 0 aliphatic heterocycles. The van der Waals surface area contributed by atoms with E-state index in [2.05, 4.69) is 62.4 Å². The van der Waals surface area contributed by atoms with E-state index in [-0.39, 0.29) is 0 Å². The van der Waals surface area contributed by atoms with Gasteiger partial charge in [-0.05, 0) is 96.7 Å². The minimum Gasteiger partial charge on any atom is -0.494 e. The molecular weight excluding hydrogens is 304 g/mol. The first-order chi connectivity index (χ1) is 12.2. The zero-order valence-electron chi connectivity index (χ0n) is 15.3. The van der Waals surface area contributed by atoms with E-state index in [9.17, 15) is 0 Å². The Bertz CT molecular complexity index is 907. The van der Waals surface area contributed by atoms with Gasteiger partial charge in [0.25, 0.3) is 0 Å². The molecule has 1 aliphatic rings. The molecule has 1 heteroatoms. The summed E-state index contributed by atoms with van der Waals surface area (Å²) in [6.07, 6.45) is 6.03. The first-order valence-corrected chi connectivity index (χ1v) is 9.45. The third-order valence-corrected chi connectivity index (χ3v) is 5.55. The Morgan fingerprint density at radius 2 is 1.68 bits per heavy atom. The maximum absolute atomic E-state index is 6.01. The second kappa shape index (κ2) is 6.92. The molecule has 0 spiro atoms. The molecule has 0 bridgehead atoms. The molecule has 0 unspecified atom stereocenters. The second-order valence-corrected chi connectivity index (χ2v) is 7.27. The fraction of sp³-hybridized carbons (Fsp3) is 0.333. The van der Waals surface area contributed by atoms with Crippen molar-refractivity contribution in [1.29, 1.82) is 0 Å². The average molecular weight is 330 g/mol. The predicted octanol–water partition coefficient (Wildman–Crippen LogP) is 5.96. The Kier molecular flexibility index (Phi) is 4.48. The van der Waals surface area contributed by atoms with Crippen LogP contribution in [0, 0.1) is 13.8 Å². The van der Waals surface area contributed by atoms with Crippen LogP contribution >= 0.6 is 0 Å². The lowest BCUT2D eigenvalue weighted by molar-refractivity contribution is 0.307. The zero-order chi connectivity index (χ0) is 17.2. The summed E-state index contributed by atoms with van der Waals surface area (Å²) in [4.78, 5) is 0. The standard InChI is InChI=1S/C24H26O/c1-17-9-10-18(2)24-16-21(12-14-22(17)24)25-15-4-3-6-19-7-5-8-20-11-13-23(19)20/h5,7-10,12,14,16H,3-4,6,11,13,15H2,1-2H3. The molecule has 0 fully saturated rings. The first kappa shape index (κ1) is 16.2. The molecule has 25 heavy (non-hydrogen) atoms. The van der Waals surface area contributed by atoms with Gasteiger partial charge in [-0.2, -0.15) is 0 Å². The molecule has 4 rings (SSSR count). The van der Waals surface area contributed by atoms with Crippen molar-refractivity contribution in [3.05, 3.63) is 76.3 Å². The summed E-state index contributed by atoms with van der Waals surface area (Å²) < 4.78 is 6.01. The number of fused-ring (bicyclic) bond motifs is 2. The van der Waals surface area contributed by atoms with Crippen molar-refractivity contribution in [2.45, 2.75) is 46.0 Å². The number of ether oxygens (including phenoxy) is 1. The van der Waals surface area contributed by atoms with Crippen LogP contribution in [0.15, 0.2) is 48.5 Å². The van der Waals surface area contributed by atoms with Gasteiger partial charge in [0.05, 0.1) is 6.61 Å². The third-order valence-electron chi connectivity index (χ3n) is 5.55. The van der Waals surface area contributed by atoms with Crippen molar-refractivity contribution in [1.82, 2.24) is 0 Å². The van der Waals surface area contributed by atoms with E-state index in [1.54, 1.807) is 16.7 Å². The van der Waals surface area contributed by atoms with Crippen LogP contribution in [0.25, 0.3) is 10.8 Å². The molecule has 0 saturated carbocycles. The molecule has 1 aliphatic carbocycles. The van der Waals surface area contributed by atoms with Crippen molar-refractivity contribution in [2.75, 3.05) is 6.61 Å². The number of unbranched alkanes of at least 4 members (excludes halogenated alkanes) is 1. The van der Waals surface area contributed by atoms with E-state index in [4.69, 9.17) is 4.74 Å². The molecule has 128 valence electrons. The van der Waals surface area contributed by atoms with E-state index in [0.717, 1.165) is 18.8 Å². The van der Waals surface area contributed by atoms with Crippen molar-refractivity contribution in [3.63, 3.8) is 0 Å². The van der Waals surface area contributed by atoms with Crippen molar-refractivity contribution in [3.8, 4) is 5.75 Å². The zero-order valence-corrected chi connectivity index (χ0v) is 15.3. The molecular formula is C24H26O. The maximum Gasteiger partial charge on any atom is 0.119 e. The van der Waals surface area contributed by atoms with Gasteiger partial charge in [0.15, 0.2) is 0 Å². The summed E-state index contributed by atoms with van der Waals surface area (Å²) in [7, 11) is 0. The molecule has 0 radical (unpaired) electrons. The number of aryl methyl sites for hydroxylation is 4. The SMILES string of the molecule is Cc1ccc(C)c2cc(OCCCCc3cccc4c3CC4)ccc12. The van der Waals surface area contributed by atoms with Crippen LogP contribution in [0.5, 0.6) is 5.75 Å². The summed E-state index contributed by atoms with van der Waals surface area (Å²) in [6.45, 7) is 5.13. The van der Waals surface area contributed by atoms with Crippen LogP contribution in [0.3, 0.4) is 0 Å². The van der Waals surface area contributed by atoms with Gasteiger partial charge in [-0.25, -0.2) is 0 Å². The lowest BCUT2D eigenvalue weighted by Gasteiger charge is -2.22. The van der Waals surface area contributed by atoms with Crippen LogP contribution in [0.2, 0.25) is 0 Å². The Balaban J connectivity index is 1.32. The molecule has 1 nitrogen and oxygen atoms in total. The predicted molar refractivity (Wildman–Crippen MR) is 106 cm³/mol. The highest BCUT2D eigenvalue weighted by molar-refractivity contribution is 5.89. The topological polar surface area (TPSA) is 9.23 Å². The van der Waals surface area contributed by atoms with E-state index >= 15 is 0 Å². The number of hydrogen-bond acceptors (Lipinski definition) is 1. The maximum atomic E-state index is 6.01. The Hall–Kier alpha value is -2.28. The lowest BCUT2D eigenvalue weighted by Crippen LogP contribution is -2.11. The van der Waals surface area contributed by atoms with Gasteiger partial charge in [-0.15, -0.1) is 0 Å². The molecule has 0 atom stereocenters. The summed E-state index contributed by atoms with van der Waals surface area (Å²) >= 11 is 0. The van der Waals surface area contributed by atoms with Gasteiger partial charge >= 0.3 is 0 Å². The van der Waals surface area contributed by atoms with E-state index < -0.39 is 0 Å². The molecule has 0 aromatic heterocycles. The summed E-state index contributed by atoms with van der Waals surface area (Å²) in [5.41, 5.74) is 7.37. The van der Waals surface area contributed by atoms with Gasteiger partial charge in [-0.1, -0.05) is 36.4 Å². The molecule has 0 heterocycles. The Labute approximate surface area is 150 Å². The fourth-order valence-corrected chi connectivity index (χ4v) is 3.88. The first-order valence-electron chi connectivity index (χ1n) is 9.45. The molecule has 3 aromatic rings. The minimum absolute atomic E-state index is 0.797. The van der Waals surface area contributed by atoms with Crippen molar-refractivity contribution < 1.29 is 4.74 Å². The van der Waals surface area contributed by atoms with Crippen LogP contribution in [0.1, 0.15) is 40.7 Å². The van der Waals surface area contributed by atoms with E-state index in [0.29, 0.717) is 0 Å². The lowest BCUT2D eigenvalue weighted by atomic mass is 9.83. The summed E-state index contributed by atoms with van der Waals surface area (Å²) in [5, 5.41) is 2.63. The highest BCUT2D eigenvalue weighted by Crippen LogP contribution is 2.28. The van der Waals surface area contributed by atoms with E-state index in [1.807, 2.05) is 0 Å². The molecule has 0 saturated heterocycles. The van der Waals surface area contributed by atoms with Crippen molar-refractivity contribution in [2.24, 2.45) is 0 Å². The molecule has 0 amide bonds. The van der Waals surface area contributed by atoms with E-state index in [1.165, 1.54) is 47.6 Å². The van der Waals surface area contributed by atoms with Crippen LogP contribution in [0.4, 0.5) is 0 Å². The van der Waals surface area contributed by atoms with Crippen LogP contribution in [-0.2, 0) is 19.3 Å². The quantitative estimate of drug-likeness (QED) is 0.507. The highest BCUT2D eigenvalue weighted by atomic mass is 16.5. The van der Waals surface area contributed by atoms with Crippen molar-refractivity contribution >= 4 is 10.8 Å². The number of hydrogen-bond donors (Lipinski definition) is 0. The summed E-state index contributed by atoms with van der Waals surface area (Å²) in [5.74, 6) is 0.991. The van der Waals surface area contributed by atoms with Gasteiger partial charge in [0.1, 0.15) is 5.75 Å². The number of benzene rings is 3. The largest absolute Gasteiger partial charge is 0.494 e. The van der Waals surface area contributed by atoms with Gasteiger partial charge in [-0.3, -0.25) is 0 Å². The van der Waals surface area contributed by atoms with Crippen LogP contribution < -0.4 is 4.74 Å². The summed E-state index contributed by atoms with van der Waals surface area (Å²) in [6, 6.07) is 17.7. The minimum atomic E-state index is 0.797. The normalized spacial score (nSPS) is 12.7. The average Bonchev–Trinajstić information content (AvgIpc) is 2.59. The smallest absolute Gasteiger partial charge is 0.119 e. The highest BCUT2D eigenvalue weighted by Gasteiger charge is 2.15. The second-order valence-electron chi connectivity index (χ2n) is 7.27. The Morgan fingerprint density at radius 3 is 2.48 bits per heavy atom. The molecule has 3 aromatic carbocycles. The van der Waals surface area contributed by atoms with Gasteiger partial charge in [0, 0.05) is 0 Å². The third kappa shape index (κ3) is 3.28. The Morgan fingerprint density at radius 1 is 0.840 bits per heavy atom. The fourth-order valence-electron chi connectivity index (χ4n) is 3.88. The van der Waals surface area contributed by atoms with Gasteiger partial charge in [0.2, 0.25) is 0 Å². The van der Waals surface area contributed by atoms with Gasteiger partial charge < -0.3 is 4.74 Å².